The van der Waals surface area contributed by atoms with Crippen molar-refractivity contribution in [2.45, 2.75) is 20.3 Å². The fourth-order valence-electron chi connectivity index (χ4n) is 1.33. The van der Waals surface area contributed by atoms with Crippen LogP contribution in [-0.4, -0.2) is 24.0 Å². The molecule has 0 aliphatic heterocycles. The Morgan fingerprint density at radius 1 is 1.30 bits per heavy atom. The molecule has 0 bridgehead atoms. The second-order valence-electron chi connectivity index (χ2n) is 4.12. The number of rotatable bonds is 6. The summed E-state index contributed by atoms with van der Waals surface area (Å²) in [5.41, 5.74) is 2.82. The third-order valence-corrected chi connectivity index (χ3v) is 2.66. The summed E-state index contributed by atoms with van der Waals surface area (Å²) in [6.45, 7) is 2.86. The van der Waals surface area contributed by atoms with Gasteiger partial charge in [0.25, 0.3) is 5.91 Å². The van der Waals surface area contributed by atoms with E-state index in [2.05, 4.69) is 10.5 Å². The molecular weight excluding hydrogens is 303 g/mol. The lowest BCUT2D eigenvalue weighted by Crippen LogP contribution is -2.25. The maximum absolute atomic E-state index is 11.5. The van der Waals surface area contributed by atoms with E-state index in [9.17, 15) is 9.59 Å². The molecule has 20 heavy (non-hydrogen) atoms. The molecule has 7 heteroatoms. The molecule has 5 nitrogen and oxygen atoms in total. The van der Waals surface area contributed by atoms with Gasteiger partial charge in [-0.05, 0) is 32.0 Å². The molecule has 0 aromatic heterocycles. The molecule has 1 aromatic rings. The second-order valence-corrected chi connectivity index (χ2v) is 4.97. The molecule has 0 atom stereocenters. The average molecular weight is 317 g/mol. The standard InChI is InChI=1S/C13H14Cl2N2O3/c1-8(5-9(2)18)16-17-13(19)7-20-12-4-3-10(14)6-11(12)15/h3-4,6H,5,7H2,1-2H3,(H,17,19)/b16-8+. The van der Waals surface area contributed by atoms with E-state index in [4.69, 9.17) is 27.9 Å². The molecule has 1 rings (SSSR count). The van der Waals surface area contributed by atoms with Crippen LogP contribution in [0.3, 0.4) is 0 Å². The first-order valence-electron chi connectivity index (χ1n) is 5.77. The van der Waals surface area contributed by atoms with Crippen molar-refractivity contribution in [1.29, 1.82) is 0 Å². The van der Waals surface area contributed by atoms with Gasteiger partial charge in [0.1, 0.15) is 11.5 Å². The fraction of sp³-hybridized carbons (Fsp3) is 0.308. The van der Waals surface area contributed by atoms with Crippen LogP contribution in [0.25, 0.3) is 0 Å². The normalized spacial score (nSPS) is 11.1. The van der Waals surface area contributed by atoms with Gasteiger partial charge in [0.05, 0.1) is 5.02 Å². The molecule has 0 fully saturated rings. The van der Waals surface area contributed by atoms with E-state index in [0.717, 1.165) is 0 Å². The smallest absolute Gasteiger partial charge is 0.277 e. The van der Waals surface area contributed by atoms with Crippen molar-refractivity contribution in [1.82, 2.24) is 5.43 Å². The van der Waals surface area contributed by atoms with Crippen molar-refractivity contribution < 1.29 is 14.3 Å². The minimum absolute atomic E-state index is 0.0234. The lowest BCUT2D eigenvalue weighted by molar-refractivity contribution is -0.123. The van der Waals surface area contributed by atoms with E-state index in [0.29, 0.717) is 21.5 Å². The van der Waals surface area contributed by atoms with Crippen molar-refractivity contribution in [2.24, 2.45) is 5.10 Å². The third kappa shape index (κ3) is 6.04. The summed E-state index contributed by atoms with van der Waals surface area (Å²) in [6.07, 6.45) is 0.199. The van der Waals surface area contributed by atoms with Gasteiger partial charge in [0, 0.05) is 17.2 Å². The Labute approximate surface area is 126 Å². The maximum Gasteiger partial charge on any atom is 0.277 e. The zero-order valence-corrected chi connectivity index (χ0v) is 12.6. The summed E-state index contributed by atoms with van der Waals surface area (Å²) in [6, 6.07) is 4.70. The number of nitrogens with zero attached hydrogens (tertiary/aromatic N) is 1. The predicted octanol–water partition coefficient (Wildman–Crippen LogP) is 2.84. The number of hydrogen-bond donors (Lipinski definition) is 1. The number of halogens is 2. The van der Waals surface area contributed by atoms with Crippen molar-refractivity contribution in [3.63, 3.8) is 0 Å². The van der Waals surface area contributed by atoms with Crippen LogP contribution >= 0.6 is 23.2 Å². The summed E-state index contributed by atoms with van der Waals surface area (Å²) in [5.74, 6) is -0.112. The lowest BCUT2D eigenvalue weighted by Gasteiger charge is -2.07. The first-order valence-corrected chi connectivity index (χ1v) is 6.53. The number of amides is 1. The SMILES string of the molecule is CC(=O)C/C(C)=N/NC(=O)COc1ccc(Cl)cc1Cl. The fourth-order valence-corrected chi connectivity index (χ4v) is 1.79. The van der Waals surface area contributed by atoms with Gasteiger partial charge in [0.15, 0.2) is 6.61 Å². The molecule has 0 unspecified atom stereocenters. The van der Waals surface area contributed by atoms with Crippen LogP contribution in [0.2, 0.25) is 10.0 Å². The van der Waals surface area contributed by atoms with Gasteiger partial charge in [-0.3, -0.25) is 9.59 Å². The van der Waals surface area contributed by atoms with E-state index in [1.165, 1.54) is 13.0 Å². The molecule has 0 aliphatic rings. The monoisotopic (exact) mass is 316 g/mol. The first-order chi connectivity index (χ1) is 9.38. The second kappa shape index (κ2) is 7.87. The van der Waals surface area contributed by atoms with Crippen LogP contribution in [0.1, 0.15) is 20.3 Å². The summed E-state index contributed by atoms with van der Waals surface area (Å²) < 4.78 is 5.23. The third-order valence-electron chi connectivity index (χ3n) is 2.13. The van der Waals surface area contributed by atoms with Gasteiger partial charge >= 0.3 is 0 Å². The molecule has 1 N–H and O–H groups in total. The molecule has 0 radical (unpaired) electrons. The molecule has 0 heterocycles. The van der Waals surface area contributed by atoms with Crippen LogP contribution in [0.5, 0.6) is 5.75 Å². The van der Waals surface area contributed by atoms with Gasteiger partial charge < -0.3 is 4.74 Å². The summed E-state index contributed by atoms with van der Waals surface area (Å²) in [7, 11) is 0. The lowest BCUT2D eigenvalue weighted by atomic mass is 10.2. The average Bonchev–Trinajstić information content (AvgIpc) is 2.34. The zero-order chi connectivity index (χ0) is 15.1. The Bertz CT molecular complexity index is 544. The number of Topliss-reactive ketones (excluding diaryl/α,β-unsaturated/α-hetero) is 1. The quantitative estimate of drug-likeness (QED) is 0.648. The number of nitrogens with one attached hydrogen (secondary N) is 1. The summed E-state index contributed by atoms with van der Waals surface area (Å²) in [5, 5.41) is 4.58. The highest BCUT2D eigenvalue weighted by molar-refractivity contribution is 6.35. The number of benzene rings is 1. The zero-order valence-electron chi connectivity index (χ0n) is 11.1. The first kappa shape index (κ1) is 16.5. The van der Waals surface area contributed by atoms with Crippen molar-refractivity contribution in [3.8, 4) is 5.75 Å². The molecule has 108 valence electrons. The topological polar surface area (TPSA) is 67.8 Å². The van der Waals surface area contributed by atoms with Crippen LogP contribution < -0.4 is 10.2 Å². The number of hydrazone groups is 1. The molecule has 1 amide bonds. The Morgan fingerprint density at radius 2 is 2.00 bits per heavy atom. The van der Waals surface area contributed by atoms with Gasteiger partial charge in [-0.25, -0.2) is 5.43 Å². The van der Waals surface area contributed by atoms with Crippen LogP contribution in [0.4, 0.5) is 0 Å². The molecule has 0 saturated carbocycles. The van der Waals surface area contributed by atoms with Crippen molar-refractivity contribution in [3.05, 3.63) is 28.2 Å². The Kier molecular flexibility index (Phi) is 6.48. The van der Waals surface area contributed by atoms with Gasteiger partial charge in [0.2, 0.25) is 0 Å². The minimum Gasteiger partial charge on any atom is -0.482 e. The van der Waals surface area contributed by atoms with E-state index >= 15 is 0 Å². The number of ketones is 1. The molecular formula is C13H14Cl2N2O3. The number of carbonyl (C=O) groups excluding carboxylic acids is 2. The molecule has 0 spiro atoms. The minimum atomic E-state index is -0.445. The van der Waals surface area contributed by atoms with E-state index in [1.54, 1.807) is 19.1 Å². The van der Waals surface area contributed by atoms with E-state index in [-0.39, 0.29) is 18.8 Å². The van der Waals surface area contributed by atoms with Crippen LogP contribution in [-0.2, 0) is 9.59 Å². The van der Waals surface area contributed by atoms with E-state index in [1.807, 2.05) is 0 Å². The highest BCUT2D eigenvalue weighted by Crippen LogP contribution is 2.27. The maximum atomic E-state index is 11.5. The van der Waals surface area contributed by atoms with Gasteiger partial charge in [-0.1, -0.05) is 23.2 Å². The van der Waals surface area contributed by atoms with Crippen molar-refractivity contribution >= 4 is 40.6 Å². The van der Waals surface area contributed by atoms with Gasteiger partial charge in [-0.2, -0.15) is 5.10 Å². The van der Waals surface area contributed by atoms with Crippen LogP contribution in [0.15, 0.2) is 23.3 Å². The van der Waals surface area contributed by atoms with Gasteiger partial charge in [-0.15, -0.1) is 0 Å². The largest absolute Gasteiger partial charge is 0.482 e. The van der Waals surface area contributed by atoms with Crippen molar-refractivity contribution in [2.75, 3.05) is 6.61 Å². The highest BCUT2D eigenvalue weighted by atomic mass is 35.5. The molecule has 0 saturated heterocycles. The Balaban J connectivity index is 2.45. The number of carbonyl (C=O) groups is 2. The van der Waals surface area contributed by atoms with Crippen LogP contribution in [0, 0.1) is 0 Å². The Hall–Kier alpha value is -1.59. The Morgan fingerprint density at radius 3 is 2.60 bits per heavy atom. The number of hydrogen-bond acceptors (Lipinski definition) is 4. The number of ether oxygens (including phenoxy) is 1. The molecule has 0 aliphatic carbocycles. The summed E-state index contributed by atoms with van der Waals surface area (Å²) in [4.78, 5) is 22.3. The highest BCUT2D eigenvalue weighted by Gasteiger charge is 2.06. The predicted molar refractivity (Wildman–Crippen MR) is 78.5 cm³/mol. The summed E-state index contributed by atoms with van der Waals surface area (Å²) >= 11 is 11.6. The molecule has 1 aromatic carbocycles. The van der Waals surface area contributed by atoms with E-state index < -0.39 is 5.91 Å².